The van der Waals surface area contributed by atoms with Gasteiger partial charge in [-0.15, -0.1) is 11.3 Å². The van der Waals surface area contributed by atoms with E-state index in [0.717, 1.165) is 21.8 Å². The van der Waals surface area contributed by atoms with E-state index in [9.17, 15) is 14.0 Å². The van der Waals surface area contributed by atoms with Crippen LogP contribution in [0.5, 0.6) is 0 Å². The van der Waals surface area contributed by atoms with E-state index >= 15 is 0 Å². The number of fused-ring (bicyclic) bond motifs is 1. The monoisotopic (exact) mass is 321 g/mol. The third kappa shape index (κ3) is 2.52. The summed E-state index contributed by atoms with van der Waals surface area (Å²) in [5.74, 6) is -1.05. The normalized spacial score (nSPS) is 14.2. The fourth-order valence-electron chi connectivity index (χ4n) is 2.28. The average Bonchev–Trinajstić information content (AvgIpc) is 2.91. The standard InChI is InChI=1S/C14H12FN3O3S/c1-17-11-10(22-12(16-11)13(19)20)7-18(14(17)21)6-8-2-4-9(15)5-3-8/h2-5H,6-7H2,1H3,(H,19,20). The zero-order chi connectivity index (χ0) is 15.9. The first-order valence-electron chi connectivity index (χ1n) is 6.46. The number of aromatic carboxylic acids is 1. The van der Waals surface area contributed by atoms with Gasteiger partial charge in [0.1, 0.15) is 5.82 Å². The number of carboxylic acid groups (broad SMARTS) is 1. The van der Waals surface area contributed by atoms with Gasteiger partial charge in [-0.05, 0) is 17.7 Å². The number of halogens is 1. The van der Waals surface area contributed by atoms with Gasteiger partial charge in [-0.1, -0.05) is 12.1 Å². The second-order valence-electron chi connectivity index (χ2n) is 4.90. The van der Waals surface area contributed by atoms with Gasteiger partial charge in [0.15, 0.2) is 5.82 Å². The van der Waals surface area contributed by atoms with Crippen LogP contribution >= 0.6 is 11.3 Å². The van der Waals surface area contributed by atoms with Crippen LogP contribution in [0.4, 0.5) is 15.0 Å². The molecule has 114 valence electrons. The predicted octanol–water partition coefficient (Wildman–Crippen LogP) is 2.55. The second-order valence-corrected chi connectivity index (χ2v) is 5.98. The summed E-state index contributed by atoms with van der Waals surface area (Å²) in [7, 11) is 1.56. The highest BCUT2D eigenvalue weighted by atomic mass is 32.1. The molecule has 1 aromatic carbocycles. The average molecular weight is 321 g/mol. The molecular weight excluding hydrogens is 309 g/mol. The summed E-state index contributed by atoms with van der Waals surface area (Å²) in [5.41, 5.74) is 0.801. The molecular formula is C14H12FN3O3S. The lowest BCUT2D eigenvalue weighted by atomic mass is 10.2. The summed E-state index contributed by atoms with van der Waals surface area (Å²) in [6.07, 6.45) is 0. The van der Waals surface area contributed by atoms with E-state index in [1.54, 1.807) is 24.1 Å². The van der Waals surface area contributed by atoms with Crippen molar-refractivity contribution < 1.29 is 19.1 Å². The van der Waals surface area contributed by atoms with Gasteiger partial charge in [0.05, 0.1) is 11.4 Å². The van der Waals surface area contributed by atoms with Crippen molar-refractivity contribution in [3.63, 3.8) is 0 Å². The number of anilines is 1. The molecule has 0 aliphatic carbocycles. The maximum absolute atomic E-state index is 12.9. The highest BCUT2D eigenvalue weighted by Crippen LogP contribution is 2.32. The number of aromatic nitrogens is 1. The lowest BCUT2D eigenvalue weighted by molar-refractivity contribution is 0.0696. The van der Waals surface area contributed by atoms with Crippen LogP contribution in [0.15, 0.2) is 24.3 Å². The van der Waals surface area contributed by atoms with Crippen molar-refractivity contribution >= 4 is 29.2 Å². The van der Waals surface area contributed by atoms with Crippen LogP contribution in [0, 0.1) is 5.82 Å². The lowest BCUT2D eigenvalue weighted by Crippen LogP contribution is -2.44. The van der Waals surface area contributed by atoms with Crippen LogP contribution in [-0.2, 0) is 13.1 Å². The van der Waals surface area contributed by atoms with Crippen molar-refractivity contribution in [2.45, 2.75) is 13.1 Å². The number of hydrogen-bond acceptors (Lipinski definition) is 4. The van der Waals surface area contributed by atoms with Gasteiger partial charge < -0.3 is 10.0 Å². The van der Waals surface area contributed by atoms with Gasteiger partial charge in [0.25, 0.3) is 0 Å². The molecule has 0 saturated carbocycles. The zero-order valence-electron chi connectivity index (χ0n) is 11.6. The Bertz CT molecular complexity index is 744. The number of thiazole rings is 1. The topological polar surface area (TPSA) is 73.7 Å². The third-order valence-corrected chi connectivity index (χ3v) is 4.37. The van der Waals surface area contributed by atoms with E-state index < -0.39 is 5.97 Å². The van der Waals surface area contributed by atoms with E-state index in [-0.39, 0.29) is 16.9 Å². The van der Waals surface area contributed by atoms with E-state index in [4.69, 9.17) is 5.11 Å². The van der Waals surface area contributed by atoms with Crippen molar-refractivity contribution in [2.24, 2.45) is 0 Å². The Balaban J connectivity index is 1.86. The highest BCUT2D eigenvalue weighted by Gasteiger charge is 2.32. The Hall–Kier alpha value is -2.48. The summed E-state index contributed by atoms with van der Waals surface area (Å²) in [5, 5.41) is 8.97. The third-order valence-electron chi connectivity index (χ3n) is 3.36. The molecule has 1 aliphatic heterocycles. The molecule has 1 N–H and O–H groups in total. The number of benzene rings is 1. The van der Waals surface area contributed by atoms with Gasteiger partial charge in [0, 0.05) is 13.6 Å². The maximum atomic E-state index is 12.9. The fourth-order valence-corrected chi connectivity index (χ4v) is 3.22. The molecule has 0 bridgehead atoms. The van der Waals surface area contributed by atoms with Crippen molar-refractivity contribution in [3.05, 3.63) is 45.5 Å². The molecule has 2 heterocycles. The van der Waals surface area contributed by atoms with Crippen molar-refractivity contribution in [3.8, 4) is 0 Å². The molecule has 0 atom stereocenters. The summed E-state index contributed by atoms with van der Waals surface area (Å²) in [4.78, 5) is 31.0. The molecule has 8 heteroatoms. The first-order valence-corrected chi connectivity index (χ1v) is 7.27. The van der Waals surface area contributed by atoms with Crippen LogP contribution in [0.1, 0.15) is 20.2 Å². The molecule has 1 aliphatic rings. The smallest absolute Gasteiger partial charge is 0.365 e. The second kappa shape index (κ2) is 5.38. The molecule has 6 nitrogen and oxygen atoms in total. The molecule has 0 radical (unpaired) electrons. The minimum atomic E-state index is -1.11. The van der Waals surface area contributed by atoms with Crippen molar-refractivity contribution in [1.82, 2.24) is 9.88 Å². The Morgan fingerprint density at radius 3 is 2.73 bits per heavy atom. The molecule has 2 amide bonds. The Morgan fingerprint density at radius 1 is 1.41 bits per heavy atom. The fraction of sp³-hybridized carbons (Fsp3) is 0.214. The van der Waals surface area contributed by atoms with Crippen LogP contribution < -0.4 is 4.90 Å². The van der Waals surface area contributed by atoms with Crippen LogP contribution in [0.3, 0.4) is 0 Å². The molecule has 3 rings (SSSR count). The summed E-state index contributed by atoms with van der Waals surface area (Å²) in [6, 6.07) is 5.66. The molecule has 0 unspecified atom stereocenters. The molecule has 0 fully saturated rings. The molecule has 2 aromatic rings. The number of carboxylic acids is 1. The summed E-state index contributed by atoms with van der Waals surface area (Å²) >= 11 is 1.06. The number of carbonyl (C=O) groups excluding carboxylic acids is 1. The van der Waals surface area contributed by atoms with Crippen molar-refractivity contribution in [1.29, 1.82) is 0 Å². The highest BCUT2D eigenvalue weighted by molar-refractivity contribution is 7.14. The quantitative estimate of drug-likeness (QED) is 0.943. The number of urea groups is 1. The Labute approximate surface area is 129 Å². The first kappa shape index (κ1) is 14.5. The largest absolute Gasteiger partial charge is 0.476 e. The predicted molar refractivity (Wildman–Crippen MR) is 78.5 cm³/mol. The van der Waals surface area contributed by atoms with Crippen LogP contribution in [-0.4, -0.2) is 34.0 Å². The number of hydrogen-bond donors (Lipinski definition) is 1. The van der Waals surface area contributed by atoms with E-state index in [2.05, 4.69) is 4.98 Å². The molecule has 0 spiro atoms. The zero-order valence-corrected chi connectivity index (χ0v) is 12.4. The number of carbonyl (C=O) groups is 2. The maximum Gasteiger partial charge on any atom is 0.365 e. The lowest BCUT2D eigenvalue weighted by Gasteiger charge is -2.32. The SMILES string of the molecule is CN1C(=O)N(Cc2ccc(F)cc2)Cc2sc(C(=O)O)nc21. The van der Waals surface area contributed by atoms with E-state index in [1.165, 1.54) is 17.0 Å². The summed E-state index contributed by atoms with van der Waals surface area (Å²) < 4.78 is 12.9. The minimum absolute atomic E-state index is 0.0340. The minimum Gasteiger partial charge on any atom is -0.476 e. The number of rotatable bonds is 3. The first-order chi connectivity index (χ1) is 10.5. The molecule has 0 saturated heterocycles. The van der Waals surface area contributed by atoms with Crippen LogP contribution in [0.2, 0.25) is 0 Å². The molecule has 22 heavy (non-hydrogen) atoms. The van der Waals surface area contributed by atoms with Gasteiger partial charge in [0.2, 0.25) is 5.01 Å². The van der Waals surface area contributed by atoms with Gasteiger partial charge in [-0.25, -0.2) is 19.0 Å². The van der Waals surface area contributed by atoms with Gasteiger partial charge in [-0.3, -0.25) is 4.90 Å². The van der Waals surface area contributed by atoms with Gasteiger partial charge in [-0.2, -0.15) is 0 Å². The van der Waals surface area contributed by atoms with Crippen molar-refractivity contribution in [2.75, 3.05) is 11.9 Å². The summed E-state index contributed by atoms with van der Waals surface area (Å²) in [6.45, 7) is 0.615. The number of amides is 2. The Morgan fingerprint density at radius 2 is 2.09 bits per heavy atom. The van der Waals surface area contributed by atoms with Gasteiger partial charge >= 0.3 is 12.0 Å². The van der Waals surface area contributed by atoms with E-state index in [1.807, 2.05) is 0 Å². The van der Waals surface area contributed by atoms with Crippen LogP contribution in [0.25, 0.3) is 0 Å². The number of nitrogens with zero attached hydrogens (tertiary/aromatic N) is 3. The van der Waals surface area contributed by atoms with E-state index in [0.29, 0.717) is 18.9 Å². The molecule has 1 aromatic heterocycles. The Kier molecular flexibility index (Phi) is 3.53.